The van der Waals surface area contributed by atoms with Gasteiger partial charge in [-0.15, -0.1) is 0 Å². The summed E-state index contributed by atoms with van der Waals surface area (Å²) >= 11 is 0. The standard InChI is InChI=1S/C21H24N4O3/c1-24-11-17(15-4-5-23-8-16(15)21(24)26)13-6-19(27-2)18(20(7-13)28-3)12-25-9-14(22)10-25/h4-8,11,14H,9-10,12,22H2,1-3H3. The zero-order valence-corrected chi connectivity index (χ0v) is 16.3. The van der Waals surface area contributed by atoms with Crippen LogP contribution in [0.25, 0.3) is 21.9 Å². The average Bonchev–Trinajstić information content (AvgIpc) is 2.69. The second kappa shape index (κ2) is 7.26. The van der Waals surface area contributed by atoms with Crippen LogP contribution in [-0.2, 0) is 13.6 Å². The number of benzene rings is 1. The Labute approximate surface area is 163 Å². The van der Waals surface area contributed by atoms with Gasteiger partial charge in [-0.2, -0.15) is 0 Å². The first-order valence-electron chi connectivity index (χ1n) is 9.18. The number of ether oxygens (including phenoxy) is 2. The Morgan fingerprint density at radius 1 is 1.18 bits per heavy atom. The van der Waals surface area contributed by atoms with Crippen LogP contribution in [0.15, 0.2) is 41.6 Å². The van der Waals surface area contributed by atoms with Crippen molar-refractivity contribution in [1.82, 2.24) is 14.5 Å². The van der Waals surface area contributed by atoms with Gasteiger partial charge < -0.3 is 19.8 Å². The van der Waals surface area contributed by atoms with Crippen LogP contribution in [0.5, 0.6) is 11.5 Å². The molecule has 0 aliphatic carbocycles. The summed E-state index contributed by atoms with van der Waals surface area (Å²) in [6, 6.07) is 6.09. The predicted molar refractivity (Wildman–Crippen MR) is 109 cm³/mol. The average molecular weight is 380 g/mol. The summed E-state index contributed by atoms with van der Waals surface area (Å²) in [5.41, 5.74) is 8.68. The number of methoxy groups -OCH3 is 2. The molecule has 1 aliphatic rings. The van der Waals surface area contributed by atoms with Gasteiger partial charge in [0.2, 0.25) is 0 Å². The van der Waals surface area contributed by atoms with E-state index in [1.807, 2.05) is 24.4 Å². The van der Waals surface area contributed by atoms with E-state index in [2.05, 4.69) is 9.88 Å². The summed E-state index contributed by atoms with van der Waals surface area (Å²) in [6.45, 7) is 2.46. The molecule has 7 heteroatoms. The molecule has 4 rings (SSSR count). The van der Waals surface area contributed by atoms with Crippen LogP contribution in [0.2, 0.25) is 0 Å². The summed E-state index contributed by atoms with van der Waals surface area (Å²) in [7, 11) is 5.06. The number of hydrogen-bond acceptors (Lipinski definition) is 6. The van der Waals surface area contributed by atoms with Gasteiger partial charge in [-0.25, -0.2) is 0 Å². The number of aryl methyl sites for hydroxylation is 1. The van der Waals surface area contributed by atoms with Crippen molar-refractivity contribution in [2.24, 2.45) is 12.8 Å². The Hall–Kier alpha value is -2.90. The fourth-order valence-corrected chi connectivity index (χ4v) is 3.80. The van der Waals surface area contributed by atoms with Gasteiger partial charge in [0.05, 0.1) is 25.2 Å². The molecule has 2 N–H and O–H groups in total. The zero-order chi connectivity index (χ0) is 19.8. The highest BCUT2D eigenvalue weighted by Gasteiger charge is 2.26. The molecule has 0 bridgehead atoms. The van der Waals surface area contributed by atoms with Crippen molar-refractivity contribution >= 4 is 10.8 Å². The highest BCUT2D eigenvalue weighted by Crippen LogP contribution is 2.38. The van der Waals surface area contributed by atoms with Crippen molar-refractivity contribution in [2.75, 3.05) is 27.3 Å². The van der Waals surface area contributed by atoms with Gasteiger partial charge in [-0.1, -0.05) is 0 Å². The summed E-state index contributed by atoms with van der Waals surface area (Å²) in [4.78, 5) is 18.8. The van der Waals surface area contributed by atoms with Gasteiger partial charge in [0.25, 0.3) is 5.56 Å². The molecule has 0 unspecified atom stereocenters. The van der Waals surface area contributed by atoms with Gasteiger partial charge in [-0.3, -0.25) is 14.7 Å². The smallest absolute Gasteiger partial charge is 0.259 e. The lowest BCUT2D eigenvalue weighted by atomic mass is 9.98. The van der Waals surface area contributed by atoms with Gasteiger partial charge in [0.1, 0.15) is 11.5 Å². The maximum Gasteiger partial charge on any atom is 0.259 e. The van der Waals surface area contributed by atoms with Crippen LogP contribution in [0.1, 0.15) is 5.56 Å². The fraction of sp³-hybridized carbons (Fsp3) is 0.333. The molecule has 28 heavy (non-hydrogen) atoms. The van der Waals surface area contributed by atoms with Crippen LogP contribution < -0.4 is 20.8 Å². The van der Waals surface area contributed by atoms with Crippen LogP contribution in [0.4, 0.5) is 0 Å². The van der Waals surface area contributed by atoms with Crippen LogP contribution in [0, 0.1) is 0 Å². The summed E-state index contributed by atoms with van der Waals surface area (Å²) < 4.78 is 13.0. The molecule has 1 saturated heterocycles. The number of hydrogen-bond donors (Lipinski definition) is 1. The molecule has 0 radical (unpaired) electrons. The molecule has 0 saturated carbocycles. The molecule has 146 valence electrons. The second-order valence-corrected chi connectivity index (χ2v) is 7.19. The molecule has 7 nitrogen and oxygen atoms in total. The van der Waals surface area contributed by atoms with E-state index in [4.69, 9.17) is 15.2 Å². The van der Waals surface area contributed by atoms with Crippen LogP contribution in [0.3, 0.4) is 0 Å². The molecule has 0 atom stereocenters. The van der Waals surface area contributed by atoms with Gasteiger partial charge in [0.15, 0.2) is 0 Å². The Bertz CT molecular complexity index is 1060. The van der Waals surface area contributed by atoms with Crippen molar-refractivity contribution in [3.05, 3.63) is 52.7 Å². The lowest BCUT2D eigenvalue weighted by Gasteiger charge is -2.37. The van der Waals surface area contributed by atoms with E-state index in [9.17, 15) is 4.79 Å². The minimum Gasteiger partial charge on any atom is -0.496 e. The van der Waals surface area contributed by atoms with E-state index in [0.717, 1.165) is 53.2 Å². The molecule has 1 aliphatic heterocycles. The molecule has 3 heterocycles. The third-order valence-electron chi connectivity index (χ3n) is 5.27. The Balaban J connectivity index is 1.86. The topological polar surface area (TPSA) is 82.6 Å². The number of pyridine rings is 2. The Kier molecular flexibility index (Phi) is 4.78. The summed E-state index contributed by atoms with van der Waals surface area (Å²) in [5, 5.41) is 1.43. The maximum absolute atomic E-state index is 12.5. The minimum absolute atomic E-state index is 0.0727. The van der Waals surface area contributed by atoms with Gasteiger partial charge >= 0.3 is 0 Å². The largest absolute Gasteiger partial charge is 0.496 e. The van der Waals surface area contributed by atoms with E-state index in [-0.39, 0.29) is 11.6 Å². The third kappa shape index (κ3) is 3.12. The number of nitrogens with two attached hydrogens (primary N) is 1. The molecular weight excluding hydrogens is 356 g/mol. The number of aromatic nitrogens is 2. The molecule has 3 aromatic rings. The number of fused-ring (bicyclic) bond motifs is 1. The second-order valence-electron chi connectivity index (χ2n) is 7.19. The predicted octanol–water partition coefficient (Wildman–Crippen LogP) is 1.76. The first kappa shape index (κ1) is 18.5. The third-order valence-corrected chi connectivity index (χ3v) is 5.27. The van der Waals surface area contributed by atoms with Crippen LogP contribution in [-0.4, -0.2) is 47.8 Å². The first-order valence-corrected chi connectivity index (χ1v) is 9.18. The van der Waals surface area contributed by atoms with Crippen molar-refractivity contribution in [3.8, 4) is 22.6 Å². The lowest BCUT2D eigenvalue weighted by Crippen LogP contribution is -2.54. The number of nitrogens with zero attached hydrogens (tertiary/aromatic N) is 3. The Morgan fingerprint density at radius 3 is 2.46 bits per heavy atom. The van der Waals surface area contributed by atoms with Crippen molar-refractivity contribution in [2.45, 2.75) is 12.6 Å². The number of rotatable bonds is 5. The van der Waals surface area contributed by atoms with E-state index < -0.39 is 0 Å². The van der Waals surface area contributed by atoms with E-state index in [0.29, 0.717) is 5.39 Å². The highest BCUT2D eigenvalue weighted by molar-refractivity contribution is 5.95. The zero-order valence-electron chi connectivity index (χ0n) is 16.3. The van der Waals surface area contributed by atoms with Crippen molar-refractivity contribution in [3.63, 3.8) is 0 Å². The van der Waals surface area contributed by atoms with E-state index >= 15 is 0 Å². The SMILES string of the molecule is COc1cc(-c2cn(C)c(=O)c3cnccc23)cc(OC)c1CN1CC(N)C1. The quantitative estimate of drug-likeness (QED) is 0.726. The van der Waals surface area contributed by atoms with Gasteiger partial charge in [-0.05, 0) is 29.1 Å². The Morgan fingerprint density at radius 2 is 1.86 bits per heavy atom. The normalized spacial score (nSPS) is 14.9. The first-order chi connectivity index (χ1) is 13.5. The van der Waals surface area contributed by atoms with Crippen molar-refractivity contribution in [1.29, 1.82) is 0 Å². The van der Waals surface area contributed by atoms with Crippen molar-refractivity contribution < 1.29 is 9.47 Å². The number of likely N-dealkylation sites (tertiary alicyclic amines) is 1. The fourth-order valence-electron chi connectivity index (χ4n) is 3.80. The molecule has 1 aromatic carbocycles. The molecule has 2 aromatic heterocycles. The molecule has 0 amide bonds. The highest BCUT2D eigenvalue weighted by atomic mass is 16.5. The molecular formula is C21H24N4O3. The maximum atomic E-state index is 12.5. The lowest BCUT2D eigenvalue weighted by molar-refractivity contribution is 0.139. The van der Waals surface area contributed by atoms with E-state index in [1.54, 1.807) is 38.2 Å². The van der Waals surface area contributed by atoms with Crippen LogP contribution >= 0.6 is 0 Å². The summed E-state index contributed by atoms with van der Waals surface area (Å²) in [6.07, 6.45) is 5.14. The van der Waals surface area contributed by atoms with E-state index in [1.165, 1.54) is 0 Å². The molecule has 1 fully saturated rings. The minimum atomic E-state index is -0.0727. The monoisotopic (exact) mass is 380 g/mol. The molecule has 0 spiro atoms. The van der Waals surface area contributed by atoms with Gasteiger partial charge in [0, 0.05) is 56.9 Å². The summed E-state index contributed by atoms with van der Waals surface area (Å²) in [5.74, 6) is 1.51.